The van der Waals surface area contributed by atoms with Crippen LogP contribution < -0.4 is 9.47 Å². The summed E-state index contributed by atoms with van der Waals surface area (Å²) in [7, 11) is 0. The molecule has 0 bridgehead atoms. The molecule has 0 saturated carbocycles. The minimum absolute atomic E-state index is 0.312. The van der Waals surface area contributed by atoms with Crippen LogP contribution in [0.1, 0.15) is 20.0 Å². The topological polar surface area (TPSA) is 61.8 Å². The fourth-order valence-corrected chi connectivity index (χ4v) is 2.86. The van der Waals surface area contributed by atoms with Crippen LogP contribution in [0.5, 0.6) is 11.5 Å². The van der Waals surface area contributed by atoms with Gasteiger partial charge in [-0.1, -0.05) is 11.6 Å². The number of esters is 1. The van der Waals surface area contributed by atoms with Gasteiger partial charge in [-0.05, 0) is 30.3 Å². The Bertz CT molecular complexity index is 724. The third-order valence-corrected chi connectivity index (χ3v) is 4.18. The van der Waals surface area contributed by atoms with Crippen LogP contribution in [0.3, 0.4) is 0 Å². The lowest BCUT2D eigenvalue weighted by Gasteiger charge is -2.18. The van der Waals surface area contributed by atoms with E-state index in [1.807, 2.05) is 0 Å². The van der Waals surface area contributed by atoms with Crippen molar-refractivity contribution >= 4 is 34.7 Å². The summed E-state index contributed by atoms with van der Waals surface area (Å²) >= 11 is 6.85. The van der Waals surface area contributed by atoms with Crippen LogP contribution in [0.4, 0.5) is 0 Å². The zero-order chi connectivity index (χ0) is 15.5. The summed E-state index contributed by atoms with van der Waals surface area (Å²) in [6.45, 7) is 0.591. The van der Waals surface area contributed by atoms with Crippen molar-refractivity contribution in [2.24, 2.45) is 0 Å². The van der Waals surface area contributed by atoms with E-state index in [9.17, 15) is 9.59 Å². The van der Waals surface area contributed by atoms with Gasteiger partial charge in [-0.2, -0.15) is 0 Å². The number of Topliss-reactive ketones (excluding diaryl/α,β-unsaturated/α-hetero) is 1. The molecule has 2 heterocycles. The molecule has 0 saturated heterocycles. The summed E-state index contributed by atoms with van der Waals surface area (Å²) in [5.41, 5.74) is 0.404. The highest BCUT2D eigenvalue weighted by molar-refractivity contribution is 7.17. The molecule has 0 radical (unpaired) electrons. The number of ether oxygens (including phenoxy) is 3. The number of benzene rings is 1. The molecule has 1 aromatic carbocycles. The Morgan fingerprint density at radius 2 is 1.91 bits per heavy atom. The Hall–Kier alpha value is -2.05. The van der Waals surface area contributed by atoms with E-state index in [-0.39, 0.29) is 12.4 Å². The van der Waals surface area contributed by atoms with Crippen LogP contribution in [0, 0.1) is 0 Å². The van der Waals surface area contributed by atoms with Crippen molar-refractivity contribution in [1.29, 1.82) is 0 Å². The summed E-state index contributed by atoms with van der Waals surface area (Å²) in [5, 5.41) is 0. The van der Waals surface area contributed by atoms with Crippen LogP contribution in [0.25, 0.3) is 0 Å². The second-order valence-electron chi connectivity index (χ2n) is 4.46. The van der Waals surface area contributed by atoms with Gasteiger partial charge in [0.05, 0.1) is 4.34 Å². The van der Waals surface area contributed by atoms with Crippen molar-refractivity contribution in [2.75, 3.05) is 19.8 Å². The van der Waals surface area contributed by atoms with Crippen molar-refractivity contribution in [1.82, 2.24) is 0 Å². The minimum Gasteiger partial charge on any atom is -0.486 e. The predicted molar refractivity (Wildman–Crippen MR) is 81.4 cm³/mol. The molecule has 1 aliphatic heterocycles. The Balaban J connectivity index is 1.63. The van der Waals surface area contributed by atoms with Crippen LogP contribution in [-0.4, -0.2) is 31.6 Å². The fraction of sp³-hybridized carbons (Fsp3) is 0.200. The smallest absolute Gasteiger partial charge is 0.348 e. The normalized spacial score (nSPS) is 12.8. The van der Waals surface area contributed by atoms with E-state index in [4.69, 9.17) is 25.8 Å². The fourth-order valence-electron chi connectivity index (χ4n) is 1.93. The van der Waals surface area contributed by atoms with Crippen molar-refractivity contribution in [3.63, 3.8) is 0 Å². The Labute approximate surface area is 135 Å². The largest absolute Gasteiger partial charge is 0.486 e. The molecule has 7 heteroatoms. The molecule has 0 aliphatic carbocycles. The summed E-state index contributed by atoms with van der Waals surface area (Å²) in [6.07, 6.45) is 0. The maximum Gasteiger partial charge on any atom is 0.348 e. The molecular formula is C15H11ClO5S. The van der Waals surface area contributed by atoms with Crippen molar-refractivity contribution < 1.29 is 23.8 Å². The van der Waals surface area contributed by atoms with Gasteiger partial charge in [0, 0.05) is 5.56 Å². The molecule has 0 N–H and O–H groups in total. The molecule has 0 amide bonds. The van der Waals surface area contributed by atoms with E-state index in [0.717, 1.165) is 11.3 Å². The van der Waals surface area contributed by atoms with Gasteiger partial charge in [0.2, 0.25) is 0 Å². The first kappa shape index (κ1) is 14.9. The third-order valence-electron chi connectivity index (χ3n) is 2.97. The van der Waals surface area contributed by atoms with E-state index in [2.05, 4.69) is 0 Å². The first-order valence-electron chi connectivity index (χ1n) is 6.49. The highest BCUT2D eigenvalue weighted by Gasteiger charge is 2.17. The number of carbonyl (C=O) groups is 2. The number of hydrogen-bond acceptors (Lipinski definition) is 6. The van der Waals surface area contributed by atoms with Gasteiger partial charge >= 0.3 is 5.97 Å². The lowest BCUT2D eigenvalue weighted by molar-refractivity contribution is 0.0479. The second-order valence-corrected chi connectivity index (χ2v) is 6.18. The monoisotopic (exact) mass is 338 g/mol. The van der Waals surface area contributed by atoms with Gasteiger partial charge in [-0.15, -0.1) is 11.3 Å². The molecule has 114 valence electrons. The maximum absolute atomic E-state index is 12.1. The molecule has 3 rings (SSSR count). The molecule has 22 heavy (non-hydrogen) atoms. The van der Waals surface area contributed by atoms with Crippen LogP contribution in [0.2, 0.25) is 4.34 Å². The summed E-state index contributed by atoms with van der Waals surface area (Å²) < 4.78 is 16.3. The first-order valence-corrected chi connectivity index (χ1v) is 7.68. The van der Waals surface area contributed by atoms with Crippen LogP contribution in [-0.2, 0) is 4.74 Å². The zero-order valence-corrected chi connectivity index (χ0v) is 12.9. The number of halogens is 1. The predicted octanol–water partition coefficient (Wildman–Crippen LogP) is 3.21. The summed E-state index contributed by atoms with van der Waals surface area (Å²) in [4.78, 5) is 24.2. The van der Waals surface area contributed by atoms with Crippen molar-refractivity contribution in [3.05, 3.63) is 45.1 Å². The highest BCUT2D eigenvalue weighted by Crippen LogP contribution is 2.31. The average molecular weight is 339 g/mol. The maximum atomic E-state index is 12.1. The molecule has 0 spiro atoms. The summed E-state index contributed by atoms with van der Waals surface area (Å²) in [6, 6.07) is 8.04. The zero-order valence-electron chi connectivity index (χ0n) is 11.3. The number of thiophene rings is 1. The number of ketones is 1. The van der Waals surface area contributed by atoms with Crippen LogP contribution >= 0.6 is 22.9 Å². The van der Waals surface area contributed by atoms with E-state index in [0.29, 0.717) is 39.5 Å². The minimum atomic E-state index is -0.567. The molecule has 0 atom stereocenters. The molecule has 1 aromatic heterocycles. The molecule has 2 aromatic rings. The molecule has 5 nitrogen and oxygen atoms in total. The van der Waals surface area contributed by atoms with Gasteiger partial charge in [0.25, 0.3) is 0 Å². The number of fused-ring (bicyclic) bond motifs is 1. The highest BCUT2D eigenvalue weighted by atomic mass is 35.5. The Morgan fingerprint density at radius 3 is 2.64 bits per heavy atom. The number of carbonyl (C=O) groups excluding carboxylic acids is 2. The number of rotatable bonds is 4. The van der Waals surface area contributed by atoms with E-state index in [1.54, 1.807) is 30.3 Å². The van der Waals surface area contributed by atoms with Gasteiger partial charge in [-0.3, -0.25) is 4.79 Å². The van der Waals surface area contributed by atoms with Gasteiger partial charge in [0.15, 0.2) is 23.9 Å². The molecule has 0 unspecified atom stereocenters. The molecular weight excluding hydrogens is 328 g/mol. The first-order chi connectivity index (χ1) is 10.6. The standard InChI is InChI=1S/C15H11ClO5S/c16-14-4-3-13(22-14)15(18)21-8-10(17)9-1-2-11-12(7-9)20-6-5-19-11/h1-4,7H,5-6,8H2. The van der Waals surface area contributed by atoms with E-state index in [1.165, 1.54) is 0 Å². The van der Waals surface area contributed by atoms with Gasteiger partial charge in [0.1, 0.15) is 18.1 Å². The second kappa shape index (κ2) is 6.37. The quantitative estimate of drug-likeness (QED) is 0.632. The van der Waals surface area contributed by atoms with Crippen LogP contribution in [0.15, 0.2) is 30.3 Å². The molecule has 0 fully saturated rings. The van der Waals surface area contributed by atoms with Gasteiger partial charge in [-0.25, -0.2) is 4.79 Å². The summed E-state index contributed by atoms with van der Waals surface area (Å²) in [5.74, 6) is 0.247. The third kappa shape index (κ3) is 3.23. The van der Waals surface area contributed by atoms with Crippen molar-refractivity contribution in [2.45, 2.75) is 0 Å². The Kier molecular flexibility index (Phi) is 4.31. The van der Waals surface area contributed by atoms with Gasteiger partial charge < -0.3 is 14.2 Å². The number of hydrogen-bond donors (Lipinski definition) is 0. The molecule has 1 aliphatic rings. The SMILES string of the molecule is O=C(COC(=O)c1ccc(Cl)s1)c1ccc2c(c1)OCCO2. The Morgan fingerprint density at radius 1 is 1.14 bits per heavy atom. The average Bonchev–Trinajstić information content (AvgIpc) is 2.98. The lowest BCUT2D eigenvalue weighted by Crippen LogP contribution is -2.17. The van der Waals surface area contributed by atoms with Crippen molar-refractivity contribution in [3.8, 4) is 11.5 Å². The lowest BCUT2D eigenvalue weighted by atomic mass is 10.1. The van der Waals surface area contributed by atoms with E-state index >= 15 is 0 Å². The van der Waals surface area contributed by atoms with E-state index < -0.39 is 5.97 Å².